The fourth-order valence-electron chi connectivity index (χ4n) is 2.38. The zero-order valence-corrected chi connectivity index (χ0v) is 12.8. The van der Waals surface area contributed by atoms with Crippen molar-refractivity contribution in [3.05, 3.63) is 28.8 Å². The second kappa shape index (κ2) is 6.78. The number of methoxy groups -OCH3 is 1. The van der Waals surface area contributed by atoms with Crippen LogP contribution in [0.2, 0.25) is 5.02 Å². The van der Waals surface area contributed by atoms with Crippen LogP contribution in [-0.4, -0.2) is 19.3 Å². The summed E-state index contributed by atoms with van der Waals surface area (Å²) in [5.41, 5.74) is 1.03. The lowest BCUT2D eigenvalue weighted by Gasteiger charge is -2.29. The van der Waals surface area contributed by atoms with Crippen molar-refractivity contribution in [1.29, 1.82) is 0 Å². The summed E-state index contributed by atoms with van der Waals surface area (Å²) >= 11 is 9.63. The molecule has 2 atom stereocenters. The monoisotopic (exact) mass is 332 g/mol. The van der Waals surface area contributed by atoms with Crippen molar-refractivity contribution >= 4 is 27.5 Å². The molecule has 2 unspecified atom stereocenters. The fourth-order valence-corrected chi connectivity index (χ4v) is 3.35. The van der Waals surface area contributed by atoms with E-state index in [1.165, 1.54) is 0 Å². The molecule has 0 aliphatic heterocycles. The van der Waals surface area contributed by atoms with Crippen molar-refractivity contribution < 1.29 is 9.47 Å². The molecular formula is C14H18BrClO2. The SMILES string of the molecule is COC1CCCC(Oc2cccc(Cl)c2CBr)C1. The Morgan fingerprint density at radius 1 is 1.33 bits per heavy atom. The first-order valence-electron chi connectivity index (χ1n) is 6.27. The number of rotatable bonds is 4. The molecule has 0 spiro atoms. The highest BCUT2D eigenvalue weighted by atomic mass is 79.9. The third kappa shape index (κ3) is 3.40. The molecule has 0 heterocycles. The first kappa shape index (κ1) is 14.2. The molecule has 18 heavy (non-hydrogen) atoms. The van der Waals surface area contributed by atoms with Crippen LogP contribution in [0.4, 0.5) is 0 Å². The zero-order chi connectivity index (χ0) is 13.0. The van der Waals surface area contributed by atoms with Crippen LogP contribution in [-0.2, 0) is 10.1 Å². The molecule has 0 N–H and O–H groups in total. The van der Waals surface area contributed by atoms with E-state index < -0.39 is 0 Å². The lowest BCUT2D eigenvalue weighted by Crippen LogP contribution is -2.29. The third-order valence-corrected chi connectivity index (χ3v) is 4.33. The van der Waals surface area contributed by atoms with Crippen LogP contribution >= 0.6 is 27.5 Å². The first-order chi connectivity index (χ1) is 8.74. The predicted octanol–water partition coefficient (Wildman–Crippen LogP) is 4.57. The van der Waals surface area contributed by atoms with Crippen LogP contribution in [0.1, 0.15) is 31.2 Å². The Kier molecular flexibility index (Phi) is 5.34. The Balaban J connectivity index is 2.07. The number of hydrogen-bond donors (Lipinski definition) is 0. The third-order valence-electron chi connectivity index (χ3n) is 3.41. The second-order valence-corrected chi connectivity index (χ2v) is 5.58. The van der Waals surface area contributed by atoms with Gasteiger partial charge < -0.3 is 9.47 Å². The van der Waals surface area contributed by atoms with Gasteiger partial charge in [0.1, 0.15) is 11.9 Å². The minimum atomic E-state index is 0.236. The average molecular weight is 334 g/mol. The van der Waals surface area contributed by atoms with Gasteiger partial charge in [-0.1, -0.05) is 33.6 Å². The van der Waals surface area contributed by atoms with Crippen LogP contribution in [0.5, 0.6) is 5.75 Å². The van der Waals surface area contributed by atoms with Gasteiger partial charge in [0, 0.05) is 29.4 Å². The Bertz CT molecular complexity index is 397. The fraction of sp³-hybridized carbons (Fsp3) is 0.571. The summed E-state index contributed by atoms with van der Waals surface area (Å²) in [5.74, 6) is 0.890. The predicted molar refractivity (Wildman–Crippen MR) is 77.8 cm³/mol. The van der Waals surface area contributed by atoms with E-state index in [0.717, 1.165) is 42.0 Å². The van der Waals surface area contributed by atoms with E-state index in [0.29, 0.717) is 11.4 Å². The molecule has 100 valence electrons. The molecule has 0 saturated heterocycles. The minimum Gasteiger partial charge on any atom is -0.490 e. The quantitative estimate of drug-likeness (QED) is 0.751. The smallest absolute Gasteiger partial charge is 0.125 e. The lowest BCUT2D eigenvalue weighted by molar-refractivity contribution is 0.0207. The summed E-state index contributed by atoms with van der Waals surface area (Å²) in [7, 11) is 1.77. The van der Waals surface area contributed by atoms with Gasteiger partial charge in [-0.05, 0) is 31.4 Å². The molecule has 4 heteroatoms. The normalized spacial score (nSPS) is 23.9. The molecule has 1 aliphatic carbocycles. The molecule has 1 aliphatic rings. The number of alkyl halides is 1. The Morgan fingerprint density at radius 3 is 2.83 bits per heavy atom. The molecule has 0 bridgehead atoms. The molecule has 1 saturated carbocycles. The van der Waals surface area contributed by atoms with Crippen molar-refractivity contribution in [2.24, 2.45) is 0 Å². The maximum Gasteiger partial charge on any atom is 0.125 e. The van der Waals surface area contributed by atoms with Crippen molar-refractivity contribution in [2.45, 2.75) is 43.2 Å². The highest BCUT2D eigenvalue weighted by Crippen LogP contribution is 2.32. The molecule has 1 aromatic rings. The lowest BCUT2D eigenvalue weighted by atomic mass is 9.95. The van der Waals surface area contributed by atoms with Crippen molar-refractivity contribution in [1.82, 2.24) is 0 Å². The zero-order valence-electron chi connectivity index (χ0n) is 10.5. The topological polar surface area (TPSA) is 18.5 Å². The molecule has 1 fully saturated rings. The van der Waals surface area contributed by atoms with Crippen LogP contribution in [0, 0.1) is 0 Å². The first-order valence-corrected chi connectivity index (χ1v) is 7.77. The van der Waals surface area contributed by atoms with E-state index in [1.807, 2.05) is 18.2 Å². The molecule has 1 aromatic carbocycles. The number of hydrogen-bond acceptors (Lipinski definition) is 2. The van der Waals surface area contributed by atoms with Crippen molar-refractivity contribution in [3.8, 4) is 5.75 Å². The van der Waals surface area contributed by atoms with Gasteiger partial charge in [-0.3, -0.25) is 0 Å². The summed E-state index contributed by atoms with van der Waals surface area (Å²) in [5, 5.41) is 1.46. The van der Waals surface area contributed by atoms with Gasteiger partial charge in [-0.15, -0.1) is 0 Å². The van der Waals surface area contributed by atoms with Gasteiger partial charge in [0.2, 0.25) is 0 Å². The number of ether oxygens (including phenoxy) is 2. The summed E-state index contributed by atoms with van der Waals surface area (Å²) in [4.78, 5) is 0. The van der Waals surface area contributed by atoms with Gasteiger partial charge in [-0.25, -0.2) is 0 Å². The molecule has 2 nitrogen and oxygen atoms in total. The van der Waals surface area contributed by atoms with E-state index in [2.05, 4.69) is 15.9 Å². The number of halogens is 2. The van der Waals surface area contributed by atoms with E-state index >= 15 is 0 Å². The average Bonchev–Trinajstić information content (AvgIpc) is 2.39. The summed E-state index contributed by atoms with van der Waals surface area (Å²) in [6, 6.07) is 5.81. The largest absolute Gasteiger partial charge is 0.490 e. The van der Waals surface area contributed by atoms with Crippen LogP contribution in [0.15, 0.2) is 18.2 Å². The maximum atomic E-state index is 6.17. The highest BCUT2D eigenvalue weighted by Gasteiger charge is 2.23. The summed E-state index contributed by atoms with van der Waals surface area (Å²) in [6.07, 6.45) is 4.92. The van der Waals surface area contributed by atoms with Crippen LogP contribution < -0.4 is 4.74 Å². The molecular weight excluding hydrogens is 316 g/mol. The minimum absolute atomic E-state index is 0.236. The second-order valence-electron chi connectivity index (χ2n) is 4.61. The highest BCUT2D eigenvalue weighted by molar-refractivity contribution is 9.08. The van der Waals surface area contributed by atoms with Crippen molar-refractivity contribution in [2.75, 3.05) is 7.11 Å². The Morgan fingerprint density at radius 2 is 2.11 bits per heavy atom. The van der Waals surface area contributed by atoms with Gasteiger partial charge in [0.25, 0.3) is 0 Å². The van der Waals surface area contributed by atoms with E-state index in [4.69, 9.17) is 21.1 Å². The number of benzene rings is 1. The Labute approximate surface area is 122 Å². The molecule has 0 radical (unpaired) electrons. The summed E-state index contributed by atoms with van der Waals surface area (Å²) in [6.45, 7) is 0. The molecule has 0 aromatic heterocycles. The van der Waals surface area contributed by atoms with Crippen LogP contribution in [0.3, 0.4) is 0 Å². The van der Waals surface area contributed by atoms with Gasteiger partial charge >= 0.3 is 0 Å². The Hall–Kier alpha value is -0.250. The van der Waals surface area contributed by atoms with Crippen molar-refractivity contribution in [3.63, 3.8) is 0 Å². The van der Waals surface area contributed by atoms with Gasteiger partial charge in [0.15, 0.2) is 0 Å². The standard InChI is InChI=1S/C14H18BrClO2/c1-17-10-4-2-5-11(8-10)18-14-7-3-6-13(16)12(14)9-15/h3,6-7,10-11H,2,4-5,8-9H2,1H3. The van der Waals surface area contributed by atoms with Gasteiger partial charge in [-0.2, -0.15) is 0 Å². The van der Waals surface area contributed by atoms with E-state index in [-0.39, 0.29) is 6.10 Å². The van der Waals surface area contributed by atoms with Gasteiger partial charge in [0.05, 0.1) is 6.10 Å². The summed E-state index contributed by atoms with van der Waals surface area (Å²) < 4.78 is 11.5. The van der Waals surface area contributed by atoms with E-state index in [1.54, 1.807) is 7.11 Å². The van der Waals surface area contributed by atoms with Crippen LogP contribution in [0.25, 0.3) is 0 Å². The van der Waals surface area contributed by atoms with E-state index in [9.17, 15) is 0 Å². The molecule has 0 amide bonds. The molecule has 2 rings (SSSR count). The maximum absolute atomic E-state index is 6.17.